The van der Waals surface area contributed by atoms with Crippen molar-refractivity contribution >= 4 is 11.8 Å². The van der Waals surface area contributed by atoms with Crippen LogP contribution in [0.4, 0.5) is 0 Å². The predicted molar refractivity (Wildman–Crippen MR) is 88.0 cm³/mol. The lowest BCUT2D eigenvalue weighted by Crippen LogP contribution is -1.96. The SMILES string of the molecule is CCCc1noc(CSc2nccn2-c2cccc(OC)c2)n1. The highest BCUT2D eigenvalue weighted by Crippen LogP contribution is 2.25. The Labute approximate surface area is 138 Å². The number of aryl methyl sites for hydroxylation is 1. The van der Waals surface area contributed by atoms with Gasteiger partial charge in [0.25, 0.3) is 0 Å². The molecular formula is C16H18N4O2S. The zero-order chi connectivity index (χ0) is 16.1. The van der Waals surface area contributed by atoms with Crippen LogP contribution in [0.3, 0.4) is 0 Å². The Morgan fingerprint density at radius 1 is 1.35 bits per heavy atom. The van der Waals surface area contributed by atoms with Crippen molar-refractivity contribution < 1.29 is 9.26 Å². The Bertz CT molecular complexity index is 769. The molecule has 2 heterocycles. The van der Waals surface area contributed by atoms with E-state index in [4.69, 9.17) is 9.26 Å². The van der Waals surface area contributed by atoms with Crippen molar-refractivity contribution in [3.63, 3.8) is 0 Å². The Kier molecular flexibility index (Phi) is 4.97. The first-order valence-electron chi connectivity index (χ1n) is 7.42. The minimum atomic E-state index is 0.595. The molecule has 3 rings (SSSR count). The summed E-state index contributed by atoms with van der Waals surface area (Å²) in [5.41, 5.74) is 1.00. The average Bonchev–Trinajstić information content (AvgIpc) is 3.22. The van der Waals surface area contributed by atoms with Crippen LogP contribution in [0.2, 0.25) is 0 Å². The van der Waals surface area contributed by atoms with Gasteiger partial charge in [0.15, 0.2) is 11.0 Å². The third kappa shape index (κ3) is 3.73. The molecule has 7 heteroatoms. The molecule has 1 aromatic carbocycles. The molecule has 0 amide bonds. The van der Waals surface area contributed by atoms with Crippen molar-refractivity contribution in [1.29, 1.82) is 0 Å². The van der Waals surface area contributed by atoms with E-state index in [1.165, 1.54) is 0 Å². The van der Waals surface area contributed by atoms with E-state index in [2.05, 4.69) is 22.0 Å². The van der Waals surface area contributed by atoms with Gasteiger partial charge in [0.2, 0.25) is 5.89 Å². The largest absolute Gasteiger partial charge is 0.497 e. The molecule has 0 aliphatic carbocycles. The van der Waals surface area contributed by atoms with Crippen LogP contribution in [0.5, 0.6) is 5.75 Å². The second kappa shape index (κ2) is 7.32. The molecule has 0 unspecified atom stereocenters. The molecule has 0 aliphatic rings. The van der Waals surface area contributed by atoms with Gasteiger partial charge in [-0.1, -0.05) is 29.9 Å². The standard InChI is InChI=1S/C16H18N4O2S/c1-3-5-14-18-15(22-19-14)11-23-16-17-8-9-20(16)12-6-4-7-13(10-12)21-2/h4,6-10H,3,5,11H2,1-2H3. The zero-order valence-electron chi connectivity index (χ0n) is 13.1. The molecule has 0 saturated carbocycles. The lowest BCUT2D eigenvalue weighted by Gasteiger charge is -2.08. The van der Waals surface area contributed by atoms with Crippen molar-refractivity contribution in [2.75, 3.05) is 7.11 Å². The van der Waals surface area contributed by atoms with Gasteiger partial charge in [0.05, 0.1) is 18.6 Å². The van der Waals surface area contributed by atoms with Crippen LogP contribution in [0, 0.1) is 0 Å². The maximum Gasteiger partial charge on any atom is 0.237 e. The van der Waals surface area contributed by atoms with E-state index in [1.807, 2.05) is 35.0 Å². The van der Waals surface area contributed by atoms with Crippen molar-refractivity contribution in [3.05, 3.63) is 48.4 Å². The van der Waals surface area contributed by atoms with Gasteiger partial charge in [-0.15, -0.1) is 0 Å². The number of hydrogen-bond donors (Lipinski definition) is 0. The Balaban J connectivity index is 1.72. The van der Waals surface area contributed by atoms with Gasteiger partial charge in [0, 0.05) is 24.9 Å². The molecular weight excluding hydrogens is 312 g/mol. The lowest BCUT2D eigenvalue weighted by molar-refractivity contribution is 0.384. The van der Waals surface area contributed by atoms with E-state index in [0.29, 0.717) is 11.6 Å². The van der Waals surface area contributed by atoms with Gasteiger partial charge >= 0.3 is 0 Å². The quantitative estimate of drug-likeness (QED) is 0.618. The first kappa shape index (κ1) is 15.6. The minimum Gasteiger partial charge on any atom is -0.497 e. The number of imidazole rings is 1. The third-order valence-electron chi connectivity index (χ3n) is 3.25. The molecule has 0 N–H and O–H groups in total. The van der Waals surface area contributed by atoms with Gasteiger partial charge < -0.3 is 9.26 Å². The van der Waals surface area contributed by atoms with Crippen LogP contribution >= 0.6 is 11.8 Å². The summed E-state index contributed by atoms with van der Waals surface area (Å²) >= 11 is 1.56. The normalized spacial score (nSPS) is 10.9. The number of hydrogen-bond acceptors (Lipinski definition) is 6. The molecule has 23 heavy (non-hydrogen) atoms. The summed E-state index contributed by atoms with van der Waals surface area (Å²) < 4.78 is 12.5. The lowest BCUT2D eigenvalue weighted by atomic mass is 10.3. The number of aromatic nitrogens is 4. The van der Waals surface area contributed by atoms with Crippen molar-refractivity contribution in [1.82, 2.24) is 19.7 Å². The van der Waals surface area contributed by atoms with Gasteiger partial charge in [-0.05, 0) is 18.6 Å². The molecule has 2 aromatic heterocycles. The second-order valence-electron chi connectivity index (χ2n) is 4.92. The molecule has 0 spiro atoms. The monoisotopic (exact) mass is 330 g/mol. The molecule has 0 radical (unpaired) electrons. The summed E-state index contributed by atoms with van der Waals surface area (Å²) in [6.45, 7) is 2.09. The fraction of sp³-hybridized carbons (Fsp3) is 0.312. The number of rotatable bonds is 7. The number of nitrogens with zero attached hydrogens (tertiary/aromatic N) is 4. The highest BCUT2D eigenvalue weighted by atomic mass is 32.2. The van der Waals surface area contributed by atoms with E-state index >= 15 is 0 Å². The number of thioether (sulfide) groups is 1. The Morgan fingerprint density at radius 2 is 2.26 bits per heavy atom. The molecule has 0 saturated heterocycles. The molecule has 3 aromatic rings. The number of methoxy groups -OCH3 is 1. The van der Waals surface area contributed by atoms with E-state index in [0.717, 1.165) is 35.3 Å². The zero-order valence-corrected chi connectivity index (χ0v) is 13.9. The topological polar surface area (TPSA) is 66.0 Å². The molecule has 0 bridgehead atoms. The van der Waals surface area contributed by atoms with Crippen LogP contribution in [-0.2, 0) is 12.2 Å². The van der Waals surface area contributed by atoms with Crippen molar-refractivity contribution in [2.45, 2.75) is 30.7 Å². The molecule has 120 valence electrons. The van der Waals surface area contributed by atoms with E-state index in [-0.39, 0.29) is 0 Å². The summed E-state index contributed by atoms with van der Waals surface area (Å²) in [7, 11) is 1.66. The smallest absolute Gasteiger partial charge is 0.237 e. The highest BCUT2D eigenvalue weighted by Gasteiger charge is 2.10. The van der Waals surface area contributed by atoms with E-state index in [1.54, 1.807) is 25.1 Å². The van der Waals surface area contributed by atoms with Crippen molar-refractivity contribution in [2.24, 2.45) is 0 Å². The van der Waals surface area contributed by atoms with Gasteiger partial charge in [0.1, 0.15) is 5.75 Å². The molecule has 6 nitrogen and oxygen atoms in total. The summed E-state index contributed by atoms with van der Waals surface area (Å²) in [4.78, 5) is 8.78. The summed E-state index contributed by atoms with van der Waals surface area (Å²) in [5, 5.41) is 4.83. The third-order valence-corrected chi connectivity index (χ3v) is 4.20. The first-order chi connectivity index (χ1) is 11.3. The average molecular weight is 330 g/mol. The van der Waals surface area contributed by atoms with Crippen LogP contribution in [0.15, 0.2) is 46.3 Å². The summed E-state index contributed by atoms with van der Waals surface area (Å²) in [6, 6.07) is 7.86. The van der Waals surface area contributed by atoms with Crippen LogP contribution < -0.4 is 4.74 Å². The van der Waals surface area contributed by atoms with E-state index in [9.17, 15) is 0 Å². The molecule has 0 fully saturated rings. The first-order valence-corrected chi connectivity index (χ1v) is 8.40. The second-order valence-corrected chi connectivity index (χ2v) is 5.87. The fourth-order valence-corrected chi connectivity index (χ4v) is 2.96. The van der Waals surface area contributed by atoms with Crippen LogP contribution in [-0.4, -0.2) is 26.8 Å². The maximum absolute atomic E-state index is 5.27. The molecule has 0 aliphatic heterocycles. The fourth-order valence-electron chi connectivity index (χ4n) is 2.15. The van der Waals surface area contributed by atoms with Crippen molar-refractivity contribution in [3.8, 4) is 11.4 Å². The van der Waals surface area contributed by atoms with Gasteiger partial charge in [-0.3, -0.25) is 4.57 Å². The van der Waals surface area contributed by atoms with Gasteiger partial charge in [-0.2, -0.15) is 4.98 Å². The Hall–Kier alpha value is -2.28. The highest BCUT2D eigenvalue weighted by molar-refractivity contribution is 7.98. The predicted octanol–water partition coefficient (Wildman–Crippen LogP) is 3.51. The van der Waals surface area contributed by atoms with Crippen LogP contribution in [0.1, 0.15) is 25.1 Å². The van der Waals surface area contributed by atoms with E-state index < -0.39 is 0 Å². The van der Waals surface area contributed by atoms with Crippen LogP contribution in [0.25, 0.3) is 5.69 Å². The summed E-state index contributed by atoms with van der Waals surface area (Å²) in [6.07, 6.45) is 5.55. The summed E-state index contributed by atoms with van der Waals surface area (Å²) in [5.74, 6) is 2.80. The minimum absolute atomic E-state index is 0.595. The Morgan fingerprint density at radius 3 is 3.09 bits per heavy atom. The molecule has 0 atom stereocenters. The maximum atomic E-state index is 5.27. The van der Waals surface area contributed by atoms with Gasteiger partial charge in [-0.25, -0.2) is 4.98 Å². The number of ether oxygens (including phenoxy) is 1. The number of benzene rings is 1.